The Labute approximate surface area is 243 Å². The molecule has 6 nitrogen and oxygen atoms in total. The van der Waals surface area contributed by atoms with E-state index in [1.807, 2.05) is 6.08 Å². The number of aliphatic hydroxyl groups is 1. The zero-order valence-electron chi connectivity index (χ0n) is 27.9. The van der Waals surface area contributed by atoms with Gasteiger partial charge in [-0.3, -0.25) is 4.79 Å². The summed E-state index contributed by atoms with van der Waals surface area (Å²) in [6.07, 6.45) is 2.17. The largest absolute Gasteiger partial charge is 0.469 e. The van der Waals surface area contributed by atoms with Gasteiger partial charge in [-0.15, -0.1) is 0 Å². The Balaban J connectivity index is 3.34. The normalized spacial score (nSPS) is 25.9. The maximum absolute atomic E-state index is 11.8. The highest BCUT2D eigenvalue weighted by Crippen LogP contribution is 2.47. The Morgan fingerprint density at radius 3 is 1.97 bits per heavy atom. The average Bonchev–Trinajstić information content (AvgIpc) is 2.85. The van der Waals surface area contributed by atoms with Gasteiger partial charge in [0.1, 0.15) is 0 Å². The zero-order chi connectivity index (χ0) is 30.5. The van der Waals surface area contributed by atoms with Crippen LogP contribution in [0.15, 0.2) is 11.6 Å². The van der Waals surface area contributed by atoms with Gasteiger partial charge in [0.25, 0.3) is 0 Å². The molecule has 8 heteroatoms. The predicted octanol–water partition coefficient (Wildman–Crippen LogP) is 7.86. The molecule has 1 N–H and O–H groups in total. The number of methoxy groups -OCH3 is 1. The summed E-state index contributed by atoms with van der Waals surface area (Å²) in [7, 11) is -3.12. The Kier molecular flexibility index (Phi) is 13.7. The first kappa shape index (κ1) is 36.5. The molecule has 7 atom stereocenters. The second-order valence-corrected chi connectivity index (χ2v) is 23.2. The van der Waals surface area contributed by atoms with Crippen LogP contribution in [-0.4, -0.2) is 60.0 Å². The van der Waals surface area contributed by atoms with E-state index in [9.17, 15) is 9.90 Å². The number of ether oxygens (including phenoxy) is 1. The van der Waals surface area contributed by atoms with Crippen LogP contribution in [-0.2, 0) is 22.8 Å². The van der Waals surface area contributed by atoms with Gasteiger partial charge in [0, 0.05) is 30.3 Å². The van der Waals surface area contributed by atoms with Gasteiger partial charge in [0.2, 0.25) is 0 Å². The number of aliphatic hydroxyl groups excluding tert-OH is 1. The van der Waals surface area contributed by atoms with Crippen molar-refractivity contribution in [1.82, 2.24) is 0 Å². The number of hydrogen-bond acceptors (Lipinski definition) is 6. The van der Waals surface area contributed by atoms with E-state index in [1.54, 1.807) is 0 Å². The molecule has 1 rings (SSSR count). The molecule has 1 heterocycles. The summed E-state index contributed by atoms with van der Waals surface area (Å²) < 4.78 is 25.7. The Morgan fingerprint density at radius 2 is 1.54 bits per heavy atom. The minimum atomic E-state index is -2.62. The lowest BCUT2D eigenvalue weighted by Gasteiger charge is -2.54. The van der Waals surface area contributed by atoms with Crippen LogP contribution in [0.2, 0.25) is 29.2 Å². The number of esters is 1. The molecule has 0 aromatic heterocycles. The summed E-state index contributed by atoms with van der Waals surface area (Å²) in [6.45, 7) is 31.7. The fraction of sp³-hybridized carbons (Fsp3) is 0.903. The smallest absolute Gasteiger partial charge is 0.343 e. The van der Waals surface area contributed by atoms with Crippen LogP contribution < -0.4 is 0 Å². The lowest BCUT2D eigenvalue weighted by molar-refractivity contribution is -0.139. The van der Waals surface area contributed by atoms with Gasteiger partial charge in [-0.2, -0.15) is 0 Å². The average molecular weight is 587 g/mol. The van der Waals surface area contributed by atoms with Crippen molar-refractivity contribution in [2.45, 2.75) is 143 Å². The molecule has 1 fully saturated rings. The van der Waals surface area contributed by atoms with Crippen LogP contribution >= 0.6 is 0 Å². The van der Waals surface area contributed by atoms with Crippen LogP contribution in [0.1, 0.15) is 95.9 Å². The van der Waals surface area contributed by atoms with E-state index in [0.29, 0.717) is 6.61 Å². The number of hydrogen-bond donors (Lipinski definition) is 1. The number of rotatable bonds is 13. The predicted molar refractivity (Wildman–Crippen MR) is 167 cm³/mol. The molecule has 0 unspecified atom stereocenters. The SMILES string of the molecule is CC/C(=C\CC(=O)OC)[C@@H](C)[C@H](O)[C@@H](C)[C@@H]1O[Si](C(C)C)(C(C)C)O[C@H]([C@@H](C)CO[Si](C)(C)C(C)(C)C)[C@@H]1C. The van der Waals surface area contributed by atoms with Crippen LogP contribution in [0.4, 0.5) is 0 Å². The van der Waals surface area contributed by atoms with E-state index < -0.39 is 23.0 Å². The third-order valence-electron chi connectivity index (χ3n) is 9.68. The van der Waals surface area contributed by atoms with Gasteiger partial charge in [0.05, 0.1) is 31.8 Å². The quantitative estimate of drug-likeness (QED) is 0.135. The molecule has 230 valence electrons. The van der Waals surface area contributed by atoms with Crippen molar-refractivity contribution in [3.63, 3.8) is 0 Å². The molecule has 1 aliphatic rings. The summed E-state index contributed by atoms with van der Waals surface area (Å²) in [6, 6.07) is 0. The Morgan fingerprint density at radius 1 is 1.03 bits per heavy atom. The fourth-order valence-electron chi connectivity index (χ4n) is 5.76. The van der Waals surface area contributed by atoms with Crippen molar-refractivity contribution >= 4 is 22.8 Å². The lowest BCUT2D eigenvalue weighted by Crippen LogP contribution is -2.64. The Bertz CT molecular complexity index is 795. The van der Waals surface area contributed by atoms with E-state index in [2.05, 4.69) is 96.2 Å². The van der Waals surface area contributed by atoms with E-state index in [1.165, 1.54) is 7.11 Å². The highest BCUT2D eigenvalue weighted by molar-refractivity contribution is 6.74. The van der Waals surface area contributed by atoms with E-state index in [4.69, 9.17) is 18.0 Å². The topological polar surface area (TPSA) is 74.2 Å². The van der Waals surface area contributed by atoms with Crippen molar-refractivity contribution in [3.8, 4) is 0 Å². The number of carbonyl (C=O) groups excluding carboxylic acids is 1. The molecular weight excluding hydrogens is 525 g/mol. The molecule has 0 amide bonds. The van der Waals surface area contributed by atoms with Crippen LogP contribution in [0.5, 0.6) is 0 Å². The molecule has 0 aliphatic carbocycles. The molecule has 0 radical (unpaired) electrons. The van der Waals surface area contributed by atoms with Crippen LogP contribution in [0.25, 0.3) is 0 Å². The standard InChI is InChI=1S/C31H62O6Si2/c1-16-26(17-18-27(32)34-13)23(7)28(33)24(8)30-25(9)29(36-39(37-30,20(2)3)21(4)5)22(6)19-35-38(14,15)31(10,11)12/h17,20-25,28-30,33H,16,18-19H2,1-15H3/b26-17+/t22-,23+,24+,25-,28-,29+,30-/m0/s1. The molecule has 1 saturated heterocycles. The van der Waals surface area contributed by atoms with Gasteiger partial charge in [-0.05, 0) is 35.6 Å². The highest BCUT2D eigenvalue weighted by Gasteiger charge is 2.56. The summed E-state index contributed by atoms with van der Waals surface area (Å²) >= 11 is 0. The molecule has 0 spiro atoms. The highest BCUT2D eigenvalue weighted by atomic mass is 28.4. The Hall–Kier alpha value is -0.516. The molecule has 39 heavy (non-hydrogen) atoms. The summed E-state index contributed by atoms with van der Waals surface area (Å²) in [5, 5.41) is 11.8. The van der Waals surface area contributed by atoms with Gasteiger partial charge in [-0.25, -0.2) is 0 Å². The zero-order valence-corrected chi connectivity index (χ0v) is 29.9. The second-order valence-electron chi connectivity index (χ2n) is 14.2. The maximum Gasteiger partial charge on any atom is 0.343 e. The number of carbonyl (C=O) groups is 1. The van der Waals surface area contributed by atoms with Gasteiger partial charge < -0.3 is 23.1 Å². The van der Waals surface area contributed by atoms with Crippen molar-refractivity contribution in [2.75, 3.05) is 13.7 Å². The summed E-state index contributed by atoms with van der Waals surface area (Å²) in [5.41, 5.74) is 1.62. The van der Waals surface area contributed by atoms with Crippen molar-refractivity contribution in [1.29, 1.82) is 0 Å². The lowest BCUT2D eigenvalue weighted by atomic mass is 9.78. The molecule has 0 aromatic rings. The van der Waals surface area contributed by atoms with E-state index in [0.717, 1.165) is 12.0 Å². The summed E-state index contributed by atoms with van der Waals surface area (Å²) in [5.74, 6) is -0.161. The fourth-order valence-corrected chi connectivity index (χ4v) is 11.1. The van der Waals surface area contributed by atoms with Gasteiger partial charge >= 0.3 is 14.5 Å². The minimum Gasteiger partial charge on any atom is -0.469 e. The van der Waals surface area contributed by atoms with Crippen LogP contribution in [0, 0.1) is 23.7 Å². The molecular formula is C31H62O6Si2. The van der Waals surface area contributed by atoms with Crippen molar-refractivity contribution in [3.05, 3.63) is 11.6 Å². The molecule has 0 bridgehead atoms. The molecule has 0 aromatic carbocycles. The van der Waals surface area contributed by atoms with Gasteiger partial charge in [-0.1, -0.05) is 94.7 Å². The van der Waals surface area contributed by atoms with Crippen molar-refractivity contribution < 1.29 is 27.9 Å². The second kappa shape index (κ2) is 14.6. The summed E-state index contributed by atoms with van der Waals surface area (Å²) in [4.78, 5) is 11.8. The van der Waals surface area contributed by atoms with Crippen LogP contribution in [0.3, 0.4) is 0 Å². The van der Waals surface area contributed by atoms with Crippen molar-refractivity contribution in [2.24, 2.45) is 23.7 Å². The first-order valence-corrected chi connectivity index (χ1v) is 20.1. The molecule has 0 saturated carbocycles. The molecule has 1 aliphatic heterocycles. The third-order valence-corrected chi connectivity index (χ3v) is 18.7. The maximum atomic E-state index is 11.8. The van der Waals surface area contributed by atoms with Gasteiger partial charge in [0.15, 0.2) is 8.32 Å². The minimum absolute atomic E-state index is 0.00421. The van der Waals surface area contributed by atoms with E-state index >= 15 is 0 Å². The first-order chi connectivity index (χ1) is 17.8. The van der Waals surface area contributed by atoms with E-state index in [-0.39, 0.29) is 64.4 Å². The monoisotopic (exact) mass is 586 g/mol. The first-order valence-electron chi connectivity index (χ1n) is 15.2. The third kappa shape index (κ3) is 8.74.